The lowest BCUT2D eigenvalue weighted by Gasteiger charge is -2.32. The number of halogens is 1. The average Bonchev–Trinajstić information content (AvgIpc) is 3.32. The molecule has 1 atom stereocenters. The third-order valence-electron chi connectivity index (χ3n) is 5.91. The summed E-state index contributed by atoms with van der Waals surface area (Å²) in [5.74, 6) is 1.46. The molecule has 1 amide bonds. The van der Waals surface area contributed by atoms with Crippen molar-refractivity contribution in [2.24, 2.45) is 10.9 Å². The minimum absolute atomic E-state index is 0. The number of hydrogen-bond acceptors (Lipinski definition) is 4. The van der Waals surface area contributed by atoms with Crippen LogP contribution in [0.2, 0.25) is 0 Å². The van der Waals surface area contributed by atoms with E-state index in [1.807, 2.05) is 11.8 Å². The zero-order valence-corrected chi connectivity index (χ0v) is 21.6. The van der Waals surface area contributed by atoms with E-state index in [1.54, 1.807) is 0 Å². The fourth-order valence-electron chi connectivity index (χ4n) is 4.10. The molecule has 32 heavy (non-hydrogen) atoms. The zero-order chi connectivity index (χ0) is 21.7. The highest BCUT2D eigenvalue weighted by Crippen LogP contribution is 2.21. The highest BCUT2D eigenvalue weighted by Gasteiger charge is 2.22. The van der Waals surface area contributed by atoms with Gasteiger partial charge in [0.2, 0.25) is 5.91 Å². The Morgan fingerprint density at radius 3 is 2.66 bits per heavy atom. The Morgan fingerprint density at radius 1 is 1.19 bits per heavy atom. The van der Waals surface area contributed by atoms with Gasteiger partial charge in [0.15, 0.2) is 5.96 Å². The largest absolute Gasteiger partial charge is 0.379 e. The third-order valence-corrected chi connectivity index (χ3v) is 5.91. The van der Waals surface area contributed by atoms with Gasteiger partial charge < -0.3 is 25.0 Å². The topological polar surface area (TPSA) is 75.2 Å². The Balaban J connectivity index is 0.00000363. The molecule has 1 aromatic rings. The molecule has 180 valence electrons. The van der Waals surface area contributed by atoms with Gasteiger partial charge in [0.25, 0.3) is 0 Å². The summed E-state index contributed by atoms with van der Waals surface area (Å²) in [6.07, 6.45) is 5.36. The number of guanidine groups is 1. The molecule has 0 aliphatic carbocycles. The summed E-state index contributed by atoms with van der Waals surface area (Å²) in [6.45, 7) is 7.63. The van der Waals surface area contributed by atoms with Crippen molar-refractivity contribution in [3.05, 3.63) is 35.9 Å². The molecule has 7 nitrogen and oxygen atoms in total. The van der Waals surface area contributed by atoms with Crippen LogP contribution < -0.4 is 10.6 Å². The molecule has 0 saturated carbocycles. The third kappa shape index (κ3) is 9.62. The van der Waals surface area contributed by atoms with E-state index in [4.69, 9.17) is 9.47 Å². The van der Waals surface area contributed by atoms with Gasteiger partial charge in [-0.15, -0.1) is 24.0 Å². The molecular formula is C24H39IN4O3. The molecule has 2 heterocycles. The minimum atomic E-state index is 0. The predicted molar refractivity (Wildman–Crippen MR) is 139 cm³/mol. The van der Waals surface area contributed by atoms with Gasteiger partial charge >= 0.3 is 0 Å². The highest BCUT2D eigenvalue weighted by molar-refractivity contribution is 14.0. The maximum absolute atomic E-state index is 12.6. The molecule has 0 radical (unpaired) electrons. The molecule has 2 N–H and O–H groups in total. The number of aliphatic imine (C=N–C) groups is 1. The second-order valence-electron chi connectivity index (χ2n) is 8.35. The van der Waals surface area contributed by atoms with Gasteiger partial charge in [-0.1, -0.05) is 30.3 Å². The normalized spacial score (nSPS) is 19.5. The molecule has 2 fully saturated rings. The minimum Gasteiger partial charge on any atom is -0.379 e. The summed E-state index contributed by atoms with van der Waals surface area (Å²) in [4.78, 5) is 19.1. The predicted octanol–water partition coefficient (Wildman–Crippen LogP) is 2.84. The van der Waals surface area contributed by atoms with Crippen LogP contribution >= 0.6 is 24.0 Å². The number of carbonyl (C=O) groups is 1. The van der Waals surface area contributed by atoms with Crippen molar-refractivity contribution < 1.29 is 14.3 Å². The van der Waals surface area contributed by atoms with E-state index >= 15 is 0 Å². The first-order valence-electron chi connectivity index (χ1n) is 11.8. The monoisotopic (exact) mass is 558 g/mol. The highest BCUT2D eigenvalue weighted by atomic mass is 127. The Labute approximate surface area is 209 Å². The molecule has 1 unspecified atom stereocenters. The number of carbonyl (C=O) groups excluding carboxylic acids is 1. The summed E-state index contributed by atoms with van der Waals surface area (Å²) in [5, 5.41) is 6.51. The maximum atomic E-state index is 12.6. The SMILES string of the molecule is CCNC(=NCC(=O)N1CCC(Cc2ccccc2)CC1)NCCCOC1CCOC1.I. The van der Waals surface area contributed by atoms with Crippen molar-refractivity contribution in [2.45, 2.75) is 45.1 Å². The van der Waals surface area contributed by atoms with E-state index in [9.17, 15) is 4.79 Å². The lowest BCUT2D eigenvalue weighted by molar-refractivity contribution is -0.130. The van der Waals surface area contributed by atoms with Crippen LogP contribution in [0.25, 0.3) is 0 Å². The van der Waals surface area contributed by atoms with Crippen LogP contribution in [0.15, 0.2) is 35.3 Å². The lowest BCUT2D eigenvalue weighted by Crippen LogP contribution is -2.42. The van der Waals surface area contributed by atoms with Crippen LogP contribution in [-0.4, -0.2) is 75.4 Å². The first-order valence-corrected chi connectivity index (χ1v) is 11.8. The number of nitrogens with one attached hydrogen (secondary N) is 2. The van der Waals surface area contributed by atoms with Gasteiger partial charge in [-0.05, 0) is 50.5 Å². The van der Waals surface area contributed by atoms with Crippen LogP contribution in [0.5, 0.6) is 0 Å². The van der Waals surface area contributed by atoms with Gasteiger partial charge in [0.05, 0.1) is 12.7 Å². The van der Waals surface area contributed by atoms with E-state index in [2.05, 4.69) is 46.0 Å². The second kappa shape index (κ2) is 15.4. The number of nitrogens with zero attached hydrogens (tertiary/aromatic N) is 2. The number of hydrogen-bond donors (Lipinski definition) is 2. The molecule has 1 aromatic carbocycles. The average molecular weight is 559 g/mol. The fraction of sp³-hybridized carbons (Fsp3) is 0.667. The summed E-state index contributed by atoms with van der Waals surface area (Å²) >= 11 is 0. The summed E-state index contributed by atoms with van der Waals surface area (Å²) in [5.41, 5.74) is 1.39. The molecule has 0 spiro atoms. The van der Waals surface area contributed by atoms with Gasteiger partial charge in [0, 0.05) is 39.4 Å². The molecule has 3 rings (SSSR count). The fourth-order valence-corrected chi connectivity index (χ4v) is 4.10. The van der Waals surface area contributed by atoms with E-state index < -0.39 is 0 Å². The number of ether oxygens (including phenoxy) is 2. The summed E-state index contributed by atoms with van der Waals surface area (Å²) < 4.78 is 11.1. The molecule has 0 bridgehead atoms. The van der Waals surface area contributed by atoms with Crippen LogP contribution in [0.4, 0.5) is 0 Å². The standard InChI is InChI=1S/C24H38N4O3.HI/c1-2-25-24(26-12-6-15-31-22-11-16-30-19-22)27-18-23(29)28-13-9-21(10-14-28)17-20-7-4-3-5-8-20;/h3-5,7-8,21-22H,2,6,9-19H2,1H3,(H2,25,26,27);1H. The van der Waals surface area contributed by atoms with Gasteiger partial charge in [-0.3, -0.25) is 4.79 Å². The maximum Gasteiger partial charge on any atom is 0.244 e. The summed E-state index contributed by atoms with van der Waals surface area (Å²) in [7, 11) is 0. The first-order chi connectivity index (χ1) is 15.2. The Kier molecular flexibility index (Phi) is 13.0. The van der Waals surface area contributed by atoms with Crippen molar-refractivity contribution in [1.82, 2.24) is 15.5 Å². The van der Waals surface area contributed by atoms with Crippen molar-refractivity contribution >= 4 is 35.8 Å². The van der Waals surface area contributed by atoms with Crippen LogP contribution in [0, 0.1) is 5.92 Å². The van der Waals surface area contributed by atoms with E-state index in [0.29, 0.717) is 25.1 Å². The Bertz CT molecular complexity index is 675. The van der Waals surface area contributed by atoms with Gasteiger partial charge in [0.1, 0.15) is 6.54 Å². The van der Waals surface area contributed by atoms with Crippen molar-refractivity contribution in [2.75, 3.05) is 52.5 Å². The van der Waals surface area contributed by atoms with Crippen LogP contribution in [0.3, 0.4) is 0 Å². The number of likely N-dealkylation sites (tertiary alicyclic amines) is 1. The molecule has 2 saturated heterocycles. The molecular weight excluding hydrogens is 519 g/mol. The Morgan fingerprint density at radius 2 is 1.97 bits per heavy atom. The van der Waals surface area contributed by atoms with Crippen molar-refractivity contribution in [1.29, 1.82) is 0 Å². The van der Waals surface area contributed by atoms with Crippen LogP contribution in [0.1, 0.15) is 38.2 Å². The number of benzene rings is 1. The molecule has 8 heteroatoms. The van der Waals surface area contributed by atoms with Crippen molar-refractivity contribution in [3.63, 3.8) is 0 Å². The van der Waals surface area contributed by atoms with E-state index in [-0.39, 0.29) is 42.5 Å². The zero-order valence-electron chi connectivity index (χ0n) is 19.3. The van der Waals surface area contributed by atoms with Gasteiger partial charge in [-0.25, -0.2) is 4.99 Å². The quantitative estimate of drug-likeness (QED) is 0.200. The van der Waals surface area contributed by atoms with Gasteiger partial charge in [-0.2, -0.15) is 0 Å². The Hall–Kier alpha value is -1.39. The van der Waals surface area contributed by atoms with Crippen molar-refractivity contribution in [3.8, 4) is 0 Å². The molecule has 2 aliphatic heterocycles. The number of piperidine rings is 1. The number of rotatable bonds is 10. The number of amides is 1. The molecule has 2 aliphatic rings. The van der Waals surface area contributed by atoms with E-state index in [0.717, 1.165) is 64.9 Å². The first kappa shape index (κ1) is 26.9. The second-order valence-corrected chi connectivity index (χ2v) is 8.35. The molecule has 0 aromatic heterocycles. The summed E-state index contributed by atoms with van der Waals surface area (Å²) in [6, 6.07) is 10.6. The van der Waals surface area contributed by atoms with E-state index in [1.165, 1.54) is 5.56 Å². The lowest BCUT2D eigenvalue weighted by atomic mass is 9.90. The van der Waals surface area contributed by atoms with Crippen LogP contribution in [-0.2, 0) is 20.7 Å². The smallest absolute Gasteiger partial charge is 0.244 e.